The smallest absolute Gasteiger partial charge is 0.293 e. The predicted molar refractivity (Wildman–Crippen MR) is 38.8 cm³/mol. The van der Waals surface area contributed by atoms with Crippen LogP contribution in [0.4, 0.5) is 0 Å². The Labute approximate surface area is 65.5 Å². The second-order valence-electron chi connectivity index (χ2n) is 2.58. The largest absolute Gasteiger partial charge is 0.465 e. The van der Waals surface area contributed by atoms with Crippen molar-refractivity contribution in [3.05, 3.63) is 0 Å². The van der Waals surface area contributed by atoms with Crippen LogP contribution < -0.4 is 0 Å². The molecule has 1 aliphatic heterocycles. The molecule has 1 rings (SSSR count). The zero-order valence-corrected chi connectivity index (χ0v) is 6.84. The molecule has 5 heteroatoms. The summed E-state index contributed by atoms with van der Waals surface area (Å²) in [6, 6.07) is 0. The van der Waals surface area contributed by atoms with Crippen molar-refractivity contribution >= 4 is 16.3 Å². The third kappa shape index (κ3) is 2.49. The monoisotopic (exact) mass is 178 g/mol. The van der Waals surface area contributed by atoms with E-state index in [4.69, 9.17) is 0 Å². The first-order chi connectivity index (χ1) is 5.14. The van der Waals surface area contributed by atoms with Gasteiger partial charge in [-0.25, -0.2) is 8.42 Å². The molecule has 0 bridgehead atoms. The Bertz CT molecular complexity index is 217. The molecule has 1 fully saturated rings. The summed E-state index contributed by atoms with van der Waals surface area (Å²) in [5, 5.41) is 0. The van der Waals surface area contributed by atoms with E-state index in [0.29, 0.717) is 19.3 Å². The molecular formula is C6H10O4S. The van der Waals surface area contributed by atoms with Gasteiger partial charge in [-0.3, -0.25) is 4.79 Å². The third-order valence-corrected chi connectivity index (χ3v) is 3.47. The van der Waals surface area contributed by atoms with Crippen LogP contribution in [0.25, 0.3) is 0 Å². The molecule has 0 spiro atoms. The van der Waals surface area contributed by atoms with Crippen molar-refractivity contribution in [2.24, 2.45) is 0 Å². The van der Waals surface area contributed by atoms with Crippen LogP contribution in [0.2, 0.25) is 0 Å². The highest BCUT2D eigenvalue weighted by Gasteiger charge is 2.23. The molecular weight excluding hydrogens is 168 g/mol. The van der Waals surface area contributed by atoms with Crippen molar-refractivity contribution in [3.8, 4) is 0 Å². The van der Waals surface area contributed by atoms with Gasteiger partial charge < -0.3 is 4.74 Å². The molecule has 1 heterocycles. The van der Waals surface area contributed by atoms with Gasteiger partial charge in [0, 0.05) is 0 Å². The Morgan fingerprint density at radius 1 is 1.27 bits per heavy atom. The maximum atomic E-state index is 10.9. The quantitative estimate of drug-likeness (QED) is 0.546. The molecule has 4 nitrogen and oxygen atoms in total. The maximum absolute atomic E-state index is 10.9. The number of carbonyl (C=O) groups is 1. The lowest BCUT2D eigenvalue weighted by molar-refractivity contribution is -0.133. The van der Waals surface area contributed by atoms with Crippen LogP contribution in [-0.4, -0.2) is 32.5 Å². The average Bonchev–Trinajstić information content (AvgIpc) is 1.94. The van der Waals surface area contributed by atoms with Crippen LogP contribution in [0.15, 0.2) is 0 Å². The van der Waals surface area contributed by atoms with Crippen LogP contribution in [-0.2, 0) is 19.4 Å². The number of rotatable bonds is 2. The summed E-state index contributed by atoms with van der Waals surface area (Å²) >= 11 is 0. The van der Waals surface area contributed by atoms with Gasteiger partial charge in [0.15, 0.2) is 9.84 Å². The molecule has 0 aliphatic carbocycles. The fraction of sp³-hybridized carbons (Fsp3) is 0.833. The number of sulfone groups is 1. The molecule has 0 amide bonds. The number of ether oxygens (including phenoxy) is 1. The second kappa shape index (κ2) is 3.21. The predicted octanol–water partition coefficient (Wildman–Crippen LogP) is -0.263. The van der Waals surface area contributed by atoms with Gasteiger partial charge in [-0.1, -0.05) is 0 Å². The van der Waals surface area contributed by atoms with Crippen molar-refractivity contribution in [3.63, 3.8) is 0 Å². The molecule has 0 atom stereocenters. The van der Waals surface area contributed by atoms with E-state index in [2.05, 4.69) is 4.74 Å². The maximum Gasteiger partial charge on any atom is 0.293 e. The van der Waals surface area contributed by atoms with Crippen LogP contribution in [0, 0.1) is 0 Å². The standard InChI is InChI=1S/C6H10O4S/c7-5-10-6-1-3-11(8,9)4-2-6/h5-6H,1-4H2. The molecule has 64 valence electrons. The van der Waals surface area contributed by atoms with E-state index in [9.17, 15) is 13.2 Å². The van der Waals surface area contributed by atoms with Gasteiger partial charge >= 0.3 is 0 Å². The van der Waals surface area contributed by atoms with Gasteiger partial charge in [-0.2, -0.15) is 0 Å². The van der Waals surface area contributed by atoms with Crippen LogP contribution in [0.1, 0.15) is 12.8 Å². The van der Waals surface area contributed by atoms with Crippen molar-refractivity contribution in [2.75, 3.05) is 11.5 Å². The molecule has 1 aliphatic rings. The Morgan fingerprint density at radius 2 is 1.82 bits per heavy atom. The Morgan fingerprint density at radius 3 is 2.27 bits per heavy atom. The van der Waals surface area contributed by atoms with E-state index in [-0.39, 0.29) is 17.6 Å². The van der Waals surface area contributed by atoms with E-state index in [0.717, 1.165) is 0 Å². The highest BCUT2D eigenvalue weighted by atomic mass is 32.2. The van der Waals surface area contributed by atoms with Gasteiger partial charge in [0.25, 0.3) is 6.47 Å². The normalized spacial score (nSPS) is 24.4. The Kier molecular flexibility index (Phi) is 2.49. The van der Waals surface area contributed by atoms with E-state index in [1.807, 2.05) is 0 Å². The molecule has 0 aromatic rings. The van der Waals surface area contributed by atoms with Gasteiger partial charge in [-0.15, -0.1) is 0 Å². The first-order valence-electron chi connectivity index (χ1n) is 3.43. The van der Waals surface area contributed by atoms with Crippen molar-refractivity contribution in [1.82, 2.24) is 0 Å². The van der Waals surface area contributed by atoms with E-state index >= 15 is 0 Å². The van der Waals surface area contributed by atoms with Crippen LogP contribution in [0.5, 0.6) is 0 Å². The summed E-state index contributed by atoms with van der Waals surface area (Å²) in [5.74, 6) is 0.289. The summed E-state index contributed by atoms with van der Waals surface area (Å²) < 4.78 is 26.3. The first-order valence-corrected chi connectivity index (χ1v) is 5.26. The van der Waals surface area contributed by atoms with Crippen LogP contribution >= 0.6 is 0 Å². The highest BCUT2D eigenvalue weighted by molar-refractivity contribution is 7.91. The van der Waals surface area contributed by atoms with Gasteiger partial charge in [0.05, 0.1) is 11.5 Å². The summed E-state index contributed by atoms with van der Waals surface area (Å²) in [6.07, 6.45) is 0.707. The van der Waals surface area contributed by atoms with E-state index in [1.165, 1.54) is 0 Å². The fourth-order valence-electron chi connectivity index (χ4n) is 1.08. The molecule has 1 saturated heterocycles. The molecule has 0 N–H and O–H groups in total. The van der Waals surface area contributed by atoms with Crippen LogP contribution in [0.3, 0.4) is 0 Å². The lowest BCUT2D eigenvalue weighted by Gasteiger charge is -2.19. The minimum atomic E-state index is -2.83. The molecule has 0 unspecified atom stereocenters. The number of hydrogen-bond donors (Lipinski definition) is 0. The summed E-state index contributed by atoms with van der Waals surface area (Å²) in [7, 11) is -2.83. The Balaban J connectivity index is 2.42. The topological polar surface area (TPSA) is 60.4 Å². The van der Waals surface area contributed by atoms with Crippen molar-refractivity contribution in [1.29, 1.82) is 0 Å². The van der Waals surface area contributed by atoms with Crippen molar-refractivity contribution < 1.29 is 17.9 Å². The van der Waals surface area contributed by atoms with E-state index in [1.54, 1.807) is 0 Å². The van der Waals surface area contributed by atoms with Gasteiger partial charge in [-0.05, 0) is 12.8 Å². The third-order valence-electron chi connectivity index (χ3n) is 1.75. The SMILES string of the molecule is O=COC1CCS(=O)(=O)CC1. The van der Waals surface area contributed by atoms with Gasteiger partial charge in [0.1, 0.15) is 6.10 Å². The zero-order chi connectivity index (χ0) is 8.32. The van der Waals surface area contributed by atoms with E-state index < -0.39 is 9.84 Å². The molecule has 0 aromatic heterocycles. The highest BCUT2D eigenvalue weighted by Crippen LogP contribution is 2.14. The zero-order valence-electron chi connectivity index (χ0n) is 6.02. The lowest BCUT2D eigenvalue weighted by Crippen LogP contribution is -2.28. The Hall–Kier alpha value is -0.580. The molecule has 0 aromatic carbocycles. The van der Waals surface area contributed by atoms with Crippen molar-refractivity contribution in [2.45, 2.75) is 18.9 Å². The summed E-state index contributed by atoms with van der Waals surface area (Å²) in [4.78, 5) is 9.86. The average molecular weight is 178 g/mol. The summed E-state index contributed by atoms with van der Waals surface area (Å²) in [6.45, 7) is 0.378. The lowest BCUT2D eigenvalue weighted by atomic mass is 10.2. The second-order valence-corrected chi connectivity index (χ2v) is 4.89. The number of hydrogen-bond acceptors (Lipinski definition) is 4. The minimum Gasteiger partial charge on any atom is -0.465 e. The minimum absolute atomic E-state index is 0.144. The molecule has 0 radical (unpaired) electrons. The summed E-state index contributed by atoms with van der Waals surface area (Å²) in [5.41, 5.74) is 0. The van der Waals surface area contributed by atoms with Gasteiger partial charge in [0.2, 0.25) is 0 Å². The molecule has 0 saturated carbocycles. The first kappa shape index (κ1) is 8.52. The number of carbonyl (C=O) groups excluding carboxylic acids is 1. The molecule has 11 heavy (non-hydrogen) atoms. The fourth-order valence-corrected chi connectivity index (χ4v) is 2.53.